The average molecular weight is 430 g/mol. The third-order valence-electron chi connectivity index (χ3n) is 4.44. The molecule has 3 rings (SSSR count). The summed E-state index contributed by atoms with van der Waals surface area (Å²) in [5.74, 6) is -0.583. The zero-order valence-corrected chi connectivity index (χ0v) is 17.6. The molecule has 0 unspecified atom stereocenters. The number of methoxy groups -OCH3 is 1. The van der Waals surface area contributed by atoms with Gasteiger partial charge in [-0.2, -0.15) is 0 Å². The summed E-state index contributed by atoms with van der Waals surface area (Å²) in [6, 6.07) is 20.4. The van der Waals surface area contributed by atoms with Gasteiger partial charge in [-0.25, -0.2) is 4.79 Å². The molecule has 2 amide bonds. The third kappa shape index (κ3) is 6.06. The van der Waals surface area contributed by atoms with Crippen LogP contribution in [0.15, 0.2) is 78.9 Å². The van der Waals surface area contributed by atoms with Crippen molar-refractivity contribution in [3.8, 4) is 11.5 Å². The Hall–Kier alpha value is -4.39. The van der Waals surface area contributed by atoms with E-state index in [9.17, 15) is 14.4 Å². The van der Waals surface area contributed by atoms with Gasteiger partial charge in [-0.15, -0.1) is 0 Å². The van der Waals surface area contributed by atoms with E-state index in [0.717, 1.165) is 5.56 Å². The number of carbonyl (C=O) groups excluding carboxylic acids is 3. The number of aryl methyl sites for hydroxylation is 1. The quantitative estimate of drug-likeness (QED) is 0.269. The van der Waals surface area contributed by atoms with Crippen LogP contribution in [0.1, 0.15) is 31.8 Å². The third-order valence-corrected chi connectivity index (χ3v) is 4.44. The summed E-state index contributed by atoms with van der Waals surface area (Å²) in [7, 11) is 1.53. The van der Waals surface area contributed by atoms with Crippen LogP contribution in [0.5, 0.6) is 11.5 Å². The van der Waals surface area contributed by atoms with Crippen LogP contribution < -0.4 is 20.3 Å². The van der Waals surface area contributed by atoms with E-state index in [1.807, 2.05) is 13.0 Å². The van der Waals surface area contributed by atoms with Gasteiger partial charge in [0, 0.05) is 17.2 Å². The normalized spacial score (nSPS) is 10.4. The van der Waals surface area contributed by atoms with Crippen molar-refractivity contribution in [3.05, 3.63) is 101 Å². The van der Waals surface area contributed by atoms with E-state index in [-0.39, 0.29) is 0 Å². The second-order valence-corrected chi connectivity index (χ2v) is 6.80. The molecule has 0 saturated heterocycles. The van der Waals surface area contributed by atoms with Gasteiger partial charge >= 0.3 is 5.97 Å². The molecule has 3 aromatic carbocycles. The SMILES string of the molecule is COc1ccc(C(=O)NNC(=O)/C=C/c2ccccc2OC(=O)c2cccc(C)c2)cc1. The molecule has 0 aliphatic carbocycles. The topological polar surface area (TPSA) is 93.7 Å². The fourth-order valence-corrected chi connectivity index (χ4v) is 2.78. The Labute approximate surface area is 185 Å². The molecular formula is C25H22N2O5. The highest BCUT2D eigenvalue weighted by molar-refractivity contribution is 5.98. The van der Waals surface area contributed by atoms with Crippen molar-refractivity contribution in [2.24, 2.45) is 0 Å². The molecule has 7 heteroatoms. The summed E-state index contributed by atoms with van der Waals surface area (Å²) in [5.41, 5.74) is 6.91. The molecule has 2 N–H and O–H groups in total. The number of para-hydroxylation sites is 1. The van der Waals surface area contributed by atoms with Gasteiger partial charge in [-0.1, -0.05) is 35.9 Å². The number of hydrogen-bond donors (Lipinski definition) is 2. The molecule has 162 valence electrons. The van der Waals surface area contributed by atoms with Crippen LogP contribution in [-0.4, -0.2) is 24.9 Å². The van der Waals surface area contributed by atoms with E-state index in [1.54, 1.807) is 66.7 Å². The lowest BCUT2D eigenvalue weighted by Crippen LogP contribution is -2.40. The van der Waals surface area contributed by atoms with E-state index in [4.69, 9.17) is 9.47 Å². The zero-order valence-electron chi connectivity index (χ0n) is 17.6. The van der Waals surface area contributed by atoms with Crippen LogP contribution in [0.3, 0.4) is 0 Å². The number of benzene rings is 3. The Morgan fingerprint density at radius 3 is 2.31 bits per heavy atom. The van der Waals surface area contributed by atoms with E-state index in [1.165, 1.54) is 19.3 Å². The predicted octanol–water partition coefficient (Wildman–Crippen LogP) is 3.70. The van der Waals surface area contributed by atoms with Gasteiger partial charge in [0.25, 0.3) is 11.8 Å². The Bertz CT molecular complexity index is 1150. The summed E-state index contributed by atoms with van der Waals surface area (Å²) < 4.78 is 10.5. The van der Waals surface area contributed by atoms with Crippen molar-refractivity contribution in [1.29, 1.82) is 0 Å². The molecule has 32 heavy (non-hydrogen) atoms. The maximum absolute atomic E-state index is 12.4. The van der Waals surface area contributed by atoms with Crippen molar-refractivity contribution in [3.63, 3.8) is 0 Å². The van der Waals surface area contributed by atoms with Crippen LogP contribution in [0.25, 0.3) is 6.08 Å². The first-order valence-electron chi connectivity index (χ1n) is 9.76. The molecule has 7 nitrogen and oxygen atoms in total. The molecule has 0 aromatic heterocycles. The van der Waals surface area contributed by atoms with Gasteiger partial charge in [0.2, 0.25) is 0 Å². The minimum absolute atomic E-state index is 0.310. The highest BCUT2D eigenvalue weighted by Crippen LogP contribution is 2.21. The number of hydrogen-bond acceptors (Lipinski definition) is 5. The van der Waals surface area contributed by atoms with E-state index in [0.29, 0.717) is 28.2 Å². The molecule has 0 bridgehead atoms. The number of esters is 1. The molecule has 0 radical (unpaired) electrons. The minimum Gasteiger partial charge on any atom is -0.497 e. The Kier molecular flexibility index (Phi) is 7.37. The van der Waals surface area contributed by atoms with Crippen LogP contribution in [0, 0.1) is 6.92 Å². The molecule has 3 aromatic rings. The first-order valence-corrected chi connectivity index (χ1v) is 9.76. The second-order valence-electron chi connectivity index (χ2n) is 6.80. The smallest absolute Gasteiger partial charge is 0.343 e. The summed E-state index contributed by atoms with van der Waals surface area (Å²) in [6.45, 7) is 1.89. The van der Waals surface area contributed by atoms with E-state index >= 15 is 0 Å². The Morgan fingerprint density at radius 1 is 0.844 bits per heavy atom. The standard InChI is InChI=1S/C25H22N2O5/c1-17-6-5-8-20(16-17)25(30)32-22-9-4-3-7-18(22)12-15-23(28)26-27-24(29)19-10-13-21(31-2)14-11-19/h3-16H,1-2H3,(H,26,28)(H,27,29)/b15-12+. The Balaban J connectivity index is 1.60. The number of ether oxygens (including phenoxy) is 2. The number of carbonyl (C=O) groups is 3. The summed E-state index contributed by atoms with van der Waals surface area (Å²) in [5, 5.41) is 0. The van der Waals surface area contributed by atoms with Gasteiger partial charge < -0.3 is 9.47 Å². The van der Waals surface area contributed by atoms with Gasteiger partial charge in [0.15, 0.2) is 0 Å². The fraction of sp³-hybridized carbons (Fsp3) is 0.0800. The number of nitrogens with one attached hydrogen (secondary N) is 2. The summed E-state index contributed by atoms with van der Waals surface area (Å²) >= 11 is 0. The first-order chi connectivity index (χ1) is 15.5. The second kappa shape index (κ2) is 10.6. The predicted molar refractivity (Wildman–Crippen MR) is 120 cm³/mol. The van der Waals surface area contributed by atoms with E-state index < -0.39 is 17.8 Å². The number of rotatable bonds is 6. The molecule has 0 fully saturated rings. The average Bonchev–Trinajstić information content (AvgIpc) is 2.82. The lowest BCUT2D eigenvalue weighted by atomic mass is 10.1. The van der Waals surface area contributed by atoms with Crippen molar-refractivity contribution in [1.82, 2.24) is 10.9 Å². The van der Waals surface area contributed by atoms with Crippen LogP contribution in [-0.2, 0) is 4.79 Å². The zero-order chi connectivity index (χ0) is 22.9. The number of amides is 2. The maximum Gasteiger partial charge on any atom is 0.343 e. The number of hydrazine groups is 1. The maximum atomic E-state index is 12.4. The Morgan fingerprint density at radius 2 is 1.59 bits per heavy atom. The van der Waals surface area contributed by atoms with Gasteiger partial charge in [0.1, 0.15) is 11.5 Å². The van der Waals surface area contributed by atoms with Crippen LogP contribution >= 0.6 is 0 Å². The monoisotopic (exact) mass is 430 g/mol. The van der Waals surface area contributed by atoms with Crippen molar-refractivity contribution in [2.75, 3.05) is 7.11 Å². The highest BCUT2D eigenvalue weighted by atomic mass is 16.5. The van der Waals surface area contributed by atoms with E-state index in [2.05, 4.69) is 10.9 Å². The lowest BCUT2D eigenvalue weighted by Gasteiger charge is -2.08. The summed E-state index contributed by atoms with van der Waals surface area (Å²) in [4.78, 5) is 36.6. The van der Waals surface area contributed by atoms with Crippen LogP contribution in [0.4, 0.5) is 0 Å². The van der Waals surface area contributed by atoms with Crippen molar-refractivity contribution < 1.29 is 23.9 Å². The molecule has 0 aliphatic heterocycles. The van der Waals surface area contributed by atoms with Crippen molar-refractivity contribution >= 4 is 23.9 Å². The van der Waals surface area contributed by atoms with Gasteiger partial charge in [0.05, 0.1) is 12.7 Å². The molecule has 0 aliphatic rings. The highest BCUT2D eigenvalue weighted by Gasteiger charge is 2.11. The van der Waals surface area contributed by atoms with Crippen LogP contribution in [0.2, 0.25) is 0 Å². The lowest BCUT2D eigenvalue weighted by molar-refractivity contribution is -0.117. The fourth-order valence-electron chi connectivity index (χ4n) is 2.78. The molecular weight excluding hydrogens is 408 g/mol. The molecule has 0 heterocycles. The minimum atomic E-state index is -0.549. The molecule has 0 saturated carbocycles. The first kappa shape index (κ1) is 22.3. The molecule has 0 atom stereocenters. The molecule has 0 spiro atoms. The van der Waals surface area contributed by atoms with Crippen molar-refractivity contribution in [2.45, 2.75) is 6.92 Å². The van der Waals surface area contributed by atoms with Gasteiger partial charge in [-0.3, -0.25) is 20.4 Å². The van der Waals surface area contributed by atoms with Gasteiger partial charge in [-0.05, 0) is 55.5 Å². The largest absolute Gasteiger partial charge is 0.497 e. The summed E-state index contributed by atoms with van der Waals surface area (Å²) in [6.07, 6.45) is 2.72.